The molecule has 1 aromatic carbocycles. The highest BCUT2D eigenvalue weighted by Crippen LogP contribution is 2.27. The number of benzene rings is 1. The fraction of sp³-hybridized carbons (Fsp3) is 0.429. The zero-order chi connectivity index (χ0) is 15.3. The largest absolute Gasteiger partial charge is 0.507 e. The van der Waals surface area contributed by atoms with E-state index in [9.17, 15) is 9.90 Å². The molecule has 0 aliphatic rings. The Bertz CT molecular complexity index is 504. The van der Waals surface area contributed by atoms with E-state index in [1.54, 1.807) is 12.1 Å². The van der Waals surface area contributed by atoms with Crippen molar-refractivity contribution >= 4 is 50.0 Å². The molecule has 1 aromatic rings. The number of rotatable bonds is 5. The first-order chi connectivity index (χ1) is 9.40. The maximum Gasteiger partial charge on any atom is 0.179 e. The lowest BCUT2D eigenvalue weighted by atomic mass is 10.1. The number of phenolic OH excluding ortho intramolecular Hbond substituents is 1. The van der Waals surface area contributed by atoms with Crippen LogP contribution in [0.1, 0.15) is 31.1 Å². The van der Waals surface area contributed by atoms with Gasteiger partial charge in [-0.1, -0.05) is 39.9 Å². The molecular weight excluding hydrogens is 358 g/mol. The second kappa shape index (κ2) is 8.00. The number of halogens is 1. The highest BCUT2D eigenvalue weighted by Gasteiger charge is 2.22. The van der Waals surface area contributed by atoms with Crippen LogP contribution in [0.4, 0.5) is 0 Å². The van der Waals surface area contributed by atoms with E-state index < -0.39 is 0 Å². The number of phenols is 1. The predicted molar refractivity (Wildman–Crippen MR) is 92.7 cm³/mol. The molecule has 110 valence electrons. The maximum atomic E-state index is 12.4. The summed E-state index contributed by atoms with van der Waals surface area (Å²) in [5.41, 5.74) is 0.321. The van der Waals surface area contributed by atoms with Crippen molar-refractivity contribution in [3.05, 3.63) is 28.2 Å². The van der Waals surface area contributed by atoms with E-state index in [-0.39, 0.29) is 16.8 Å². The summed E-state index contributed by atoms with van der Waals surface area (Å²) in [4.78, 5) is 14.4. The highest BCUT2D eigenvalue weighted by atomic mass is 79.9. The number of ketones is 1. The molecule has 3 nitrogen and oxygen atoms in total. The van der Waals surface area contributed by atoms with Crippen molar-refractivity contribution in [2.45, 2.75) is 26.0 Å². The van der Waals surface area contributed by atoms with Gasteiger partial charge in [-0.25, -0.2) is 0 Å². The summed E-state index contributed by atoms with van der Waals surface area (Å²) in [6.07, 6.45) is 0. The molecule has 1 rings (SSSR count). The van der Waals surface area contributed by atoms with Gasteiger partial charge in [0.15, 0.2) is 5.78 Å². The molecule has 20 heavy (non-hydrogen) atoms. The van der Waals surface area contributed by atoms with Crippen molar-refractivity contribution in [2.75, 3.05) is 13.1 Å². The highest BCUT2D eigenvalue weighted by molar-refractivity contribution is 9.10. The number of carbonyl (C=O) groups excluding carboxylic acids is 1. The van der Waals surface area contributed by atoms with Crippen LogP contribution in [-0.4, -0.2) is 38.4 Å². The number of carbonyl (C=O) groups is 1. The van der Waals surface area contributed by atoms with Gasteiger partial charge >= 0.3 is 0 Å². The number of nitrogens with zero attached hydrogens (tertiary/aromatic N) is 1. The average Bonchev–Trinajstić information content (AvgIpc) is 2.42. The first kappa shape index (κ1) is 17.5. The van der Waals surface area contributed by atoms with E-state index in [0.717, 1.165) is 17.6 Å². The maximum absolute atomic E-state index is 12.4. The predicted octanol–water partition coefficient (Wildman–Crippen LogP) is 4.09. The lowest BCUT2D eigenvalue weighted by Gasteiger charge is -2.22. The minimum Gasteiger partial charge on any atom is -0.507 e. The summed E-state index contributed by atoms with van der Waals surface area (Å²) in [5.74, 6) is -0.122. The third kappa shape index (κ3) is 4.46. The van der Waals surface area contributed by atoms with Crippen LogP contribution in [0, 0.1) is 0 Å². The Hall–Kier alpha value is -0.590. The van der Waals surface area contributed by atoms with E-state index in [1.807, 2.05) is 25.7 Å². The second-order valence-electron chi connectivity index (χ2n) is 4.22. The van der Waals surface area contributed by atoms with Crippen molar-refractivity contribution in [3.8, 4) is 5.75 Å². The Balaban J connectivity index is 2.82. The summed E-state index contributed by atoms with van der Waals surface area (Å²) >= 11 is 10.0. The van der Waals surface area contributed by atoms with E-state index in [4.69, 9.17) is 12.2 Å². The van der Waals surface area contributed by atoms with Crippen molar-refractivity contribution < 1.29 is 9.90 Å². The van der Waals surface area contributed by atoms with Crippen LogP contribution >= 0.6 is 39.9 Å². The van der Waals surface area contributed by atoms with Gasteiger partial charge in [-0.2, -0.15) is 0 Å². The first-order valence-electron chi connectivity index (χ1n) is 6.38. The third-order valence-corrected chi connectivity index (χ3v) is 4.96. The number of hydrogen-bond acceptors (Lipinski definition) is 4. The standard InChI is InChI=1S/C14H18BrNO2S2/c1-4-16(5-2)14(19)20-9(3)13(18)11-8-10(15)6-7-12(11)17/h6-9,17H,4-5H2,1-3H3/t9-/m0/s1. The third-order valence-electron chi connectivity index (χ3n) is 2.89. The van der Waals surface area contributed by atoms with Gasteiger partial charge in [-0.3, -0.25) is 4.79 Å². The monoisotopic (exact) mass is 375 g/mol. The SMILES string of the molecule is CCN(CC)C(=S)S[C@@H](C)C(=O)c1cc(Br)ccc1O. The van der Waals surface area contributed by atoms with Gasteiger partial charge < -0.3 is 10.0 Å². The lowest BCUT2D eigenvalue weighted by Crippen LogP contribution is -2.29. The fourth-order valence-corrected chi connectivity index (χ4v) is 3.68. The van der Waals surface area contributed by atoms with Crippen LogP contribution in [0.15, 0.2) is 22.7 Å². The zero-order valence-corrected chi connectivity index (χ0v) is 14.9. The molecule has 0 radical (unpaired) electrons. The molecule has 0 fully saturated rings. The van der Waals surface area contributed by atoms with Crippen LogP contribution in [-0.2, 0) is 0 Å². The number of Topliss-reactive ketones (excluding diaryl/α,β-unsaturated/α-hetero) is 1. The van der Waals surface area contributed by atoms with Gasteiger partial charge in [0.2, 0.25) is 0 Å². The molecule has 0 unspecified atom stereocenters. The van der Waals surface area contributed by atoms with Gasteiger partial charge in [0.05, 0.1) is 10.8 Å². The van der Waals surface area contributed by atoms with Crippen molar-refractivity contribution in [1.29, 1.82) is 0 Å². The van der Waals surface area contributed by atoms with E-state index >= 15 is 0 Å². The summed E-state index contributed by atoms with van der Waals surface area (Å²) in [5, 5.41) is 9.47. The van der Waals surface area contributed by atoms with Gasteiger partial charge in [0.1, 0.15) is 10.1 Å². The normalized spacial score (nSPS) is 12.0. The molecule has 1 atom stereocenters. The Morgan fingerprint density at radius 2 is 2.05 bits per heavy atom. The summed E-state index contributed by atoms with van der Waals surface area (Å²) in [7, 11) is 0. The number of thiocarbonyl (C=S) groups is 1. The lowest BCUT2D eigenvalue weighted by molar-refractivity contribution is 0.0991. The molecule has 6 heteroatoms. The molecular formula is C14H18BrNO2S2. The van der Waals surface area contributed by atoms with Crippen LogP contribution in [0.25, 0.3) is 0 Å². The topological polar surface area (TPSA) is 40.5 Å². The molecule has 0 spiro atoms. The summed E-state index contributed by atoms with van der Waals surface area (Å²) in [6, 6.07) is 4.84. The van der Waals surface area contributed by atoms with Gasteiger partial charge in [0, 0.05) is 17.6 Å². The molecule has 0 saturated carbocycles. The minimum absolute atomic E-state index is 0.000549. The quantitative estimate of drug-likeness (QED) is 0.619. The molecule has 0 heterocycles. The van der Waals surface area contributed by atoms with Crippen molar-refractivity contribution in [1.82, 2.24) is 4.90 Å². The zero-order valence-electron chi connectivity index (χ0n) is 11.7. The van der Waals surface area contributed by atoms with Crippen LogP contribution < -0.4 is 0 Å². The van der Waals surface area contributed by atoms with Crippen molar-refractivity contribution in [2.24, 2.45) is 0 Å². The number of hydrogen-bond donors (Lipinski definition) is 1. The number of aromatic hydroxyl groups is 1. The Morgan fingerprint density at radius 1 is 1.45 bits per heavy atom. The Morgan fingerprint density at radius 3 is 2.60 bits per heavy atom. The van der Waals surface area contributed by atoms with Crippen LogP contribution in [0.2, 0.25) is 0 Å². The fourth-order valence-electron chi connectivity index (χ4n) is 1.69. The summed E-state index contributed by atoms with van der Waals surface area (Å²) < 4.78 is 1.48. The molecule has 0 amide bonds. The molecule has 0 bridgehead atoms. The van der Waals surface area contributed by atoms with E-state index in [2.05, 4.69) is 15.9 Å². The van der Waals surface area contributed by atoms with Gasteiger partial charge in [0.25, 0.3) is 0 Å². The molecule has 1 N–H and O–H groups in total. The first-order valence-corrected chi connectivity index (χ1v) is 8.47. The molecule has 0 saturated heterocycles. The van der Waals surface area contributed by atoms with E-state index in [0.29, 0.717) is 9.88 Å². The molecule has 0 aliphatic heterocycles. The van der Waals surface area contributed by atoms with E-state index in [1.165, 1.54) is 17.8 Å². The van der Waals surface area contributed by atoms with Crippen molar-refractivity contribution in [3.63, 3.8) is 0 Å². The average molecular weight is 376 g/mol. The van der Waals surface area contributed by atoms with Crippen LogP contribution in [0.5, 0.6) is 5.75 Å². The van der Waals surface area contributed by atoms with Gasteiger partial charge in [-0.05, 0) is 39.0 Å². The Labute approximate surface area is 137 Å². The van der Waals surface area contributed by atoms with Gasteiger partial charge in [-0.15, -0.1) is 0 Å². The second-order valence-corrected chi connectivity index (χ2v) is 7.11. The Kier molecular flexibility index (Phi) is 6.99. The van der Waals surface area contributed by atoms with Crippen LogP contribution in [0.3, 0.4) is 0 Å². The number of thioether (sulfide) groups is 1. The summed E-state index contributed by atoms with van der Waals surface area (Å²) in [6.45, 7) is 7.52. The molecule has 0 aliphatic carbocycles. The minimum atomic E-state index is -0.330. The molecule has 0 aromatic heterocycles. The smallest absolute Gasteiger partial charge is 0.179 e.